The van der Waals surface area contributed by atoms with Crippen LogP contribution >= 0.6 is 0 Å². The van der Waals surface area contributed by atoms with Gasteiger partial charge in [0.2, 0.25) is 0 Å². The zero-order chi connectivity index (χ0) is 13.0. The van der Waals surface area contributed by atoms with Crippen molar-refractivity contribution in [1.82, 2.24) is 4.98 Å². The Kier molecular flexibility index (Phi) is 3.69. The summed E-state index contributed by atoms with van der Waals surface area (Å²) in [6.07, 6.45) is 2.55. The number of aromatic nitrogens is 1. The third-order valence-corrected chi connectivity index (χ3v) is 2.67. The van der Waals surface area contributed by atoms with Crippen molar-refractivity contribution in [1.29, 1.82) is 0 Å². The molecule has 0 bridgehead atoms. The van der Waals surface area contributed by atoms with Gasteiger partial charge < -0.3 is 9.84 Å². The van der Waals surface area contributed by atoms with Crippen LogP contribution < -0.4 is 0 Å². The molecular weight excluding hydrogens is 230 g/mol. The second-order valence-corrected chi connectivity index (χ2v) is 3.82. The number of carboxylic acids is 1. The predicted molar refractivity (Wildman–Crippen MR) is 67.1 cm³/mol. The highest BCUT2D eigenvalue weighted by Crippen LogP contribution is 2.22. The van der Waals surface area contributed by atoms with Crippen LogP contribution in [-0.4, -0.2) is 23.2 Å². The van der Waals surface area contributed by atoms with Gasteiger partial charge in [-0.15, -0.1) is 0 Å². The monoisotopic (exact) mass is 243 g/mol. The molecule has 0 aliphatic carbocycles. The Hall–Kier alpha value is -2.20. The van der Waals surface area contributed by atoms with Gasteiger partial charge in [0.05, 0.1) is 0 Å². The number of benzene rings is 1. The Morgan fingerprint density at radius 1 is 1.22 bits per heavy atom. The molecule has 0 amide bonds. The SMILES string of the molecule is COC(C(=O)O)c1ccc(-c2cccnc2)cc1. The van der Waals surface area contributed by atoms with E-state index in [2.05, 4.69) is 4.98 Å². The largest absolute Gasteiger partial charge is 0.479 e. The van der Waals surface area contributed by atoms with Gasteiger partial charge in [-0.2, -0.15) is 0 Å². The van der Waals surface area contributed by atoms with Gasteiger partial charge in [0.1, 0.15) is 0 Å². The van der Waals surface area contributed by atoms with Crippen LogP contribution in [0, 0.1) is 0 Å². The summed E-state index contributed by atoms with van der Waals surface area (Å²) in [5.41, 5.74) is 2.61. The highest BCUT2D eigenvalue weighted by Gasteiger charge is 2.18. The number of carboxylic acid groups (broad SMARTS) is 1. The number of hydrogen-bond acceptors (Lipinski definition) is 3. The summed E-state index contributed by atoms with van der Waals surface area (Å²) in [5.74, 6) is -0.994. The summed E-state index contributed by atoms with van der Waals surface area (Å²) < 4.78 is 4.93. The fraction of sp³-hybridized carbons (Fsp3) is 0.143. The highest BCUT2D eigenvalue weighted by molar-refractivity contribution is 5.75. The summed E-state index contributed by atoms with van der Waals surface area (Å²) >= 11 is 0. The van der Waals surface area contributed by atoms with Crippen LogP contribution in [0.3, 0.4) is 0 Å². The Labute approximate surface area is 105 Å². The maximum Gasteiger partial charge on any atom is 0.337 e. The number of aliphatic carboxylic acids is 1. The van der Waals surface area contributed by atoms with Crippen molar-refractivity contribution in [3.8, 4) is 11.1 Å². The predicted octanol–water partition coefficient (Wildman–Crippen LogP) is 2.52. The van der Waals surface area contributed by atoms with E-state index in [1.54, 1.807) is 24.5 Å². The van der Waals surface area contributed by atoms with E-state index in [-0.39, 0.29) is 0 Å². The second kappa shape index (κ2) is 5.42. The first-order chi connectivity index (χ1) is 8.72. The summed E-state index contributed by atoms with van der Waals surface area (Å²) in [7, 11) is 1.38. The maximum absolute atomic E-state index is 11.0. The quantitative estimate of drug-likeness (QED) is 0.896. The van der Waals surface area contributed by atoms with Gasteiger partial charge in [-0.3, -0.25) is 4.98 Å². The molecule has 1 unspecified atom stereocenters. The molecule has 0 saturated heterocycles. The molecule has 1 aromatic carbocycles. The van der Waals surface area contributed by atoms with Crippen LogP contribution in [0.25, 0.3) is 11.1 Å². The Bertz CT molecular complexity index is 522. The van der Waals surface area contributed by atoms with Crippen LogP contribution in [0.15, 0.2) is 48.8 Å². The molecule has 92 valence electrons. The van der Waals surface area contributed by atoms with Crippen LogP contribution in [0.2, 0.25) is 0 Å². The average molecular weight is 243 g/mol. The normalized spacial score (nSPS) is 12.1. The molecule has 4 nitrogen and oxygen atoms in total. The molecule has 4 heteroatoms. The van der Waals surface area contributed by atoms with E-state index in [1.807, 2.05) is 24.3 Å². The van der Waals surface area contributed by atoms with Crippen molar-refractivity contribution < 1.29 is 14.6 Å². The molecule has 1 atom stereocenters. The molecule has 0 saturated carbocycles. The summed E-state index contributed by atoms with van der Waals surface area (Å²) in [6.45, 7) is 0. The molecule has 2 rings (SSSR count). The smallest absolute Gasteiger partial charge is 0.337 e. The van der Waals surface area contributed by atoms with Crippen molar-refractivity contribution in [2.24, 2.45) is 0 Å². The van der Waals surface area contributed by atoms with Gasteiger partial charge >= 0.3 is 5.97 Å². The van der Waals surface area contributed by atoms with Crippen molar-refractivity contribution in [2.75, 3.05) is 7.11 Å². The third kappa shape index (κ3) is 2.55. The molecule has 0 aliphatic rings. The van der Waals surface area contributed by atoms with E-state index >= 15 is 0 Å². The number of nitrogens with zero attached hydrogens (tertiary/aromatic N) is 1. The number of methoxy groups -OCH3 is 1. The number of rotatable bonds is 4. The molecule has 0 aliphatic heterocycles. The van der Waals surface area contributed by atoms with E-state index < -0.39 is 12.1 Å². The molecule has 1 aromatic heterocycles. The van der Waals surface area contributed by atoms with Crippen LogP contribution in [0.4, 0.5) is 0 Å². The summed E-state index contributed by atoms with van der Waals surface area (Å²) in [6, 6.07) is 11.0. The van der Waals surface area contributed by atoms with Crippen molar-refractivity contribution >= 4 is 5.97 Å². The highest BCUT2D eigenvalue weighted by atomic mass is 16.5. The van der Waals surface area contributed by atoms with Gasteiger partial charge in [-0.25, -0.2) is 4.79 Å². The molecule has 0 spiro atoms. The first kappa shape index (κ1) is 12.3. The number of ether oxygens (including phenoxy) is 1. The van der Waals surface area contributed by atoms with E-state index in [9.17, 15) is 4.79 Å². The van der Waals surface area contributed by atoms with Gasteiger partial charge in [0.15, 0.2) is 6.10 Å². The fourth-order valence-corrected chi connectivity index (χ4v) is 1.76. The van der Waals surface area contributed by atoms with E-state index in [4.69, 9.17) is 9.84 Å². The minimum absolute atomic E-state index is 0.623. The molecular formula is C14H13NO3. The Morgan fingerprint density at radius 3 is 2.44 bits per heavy atom. The number of hydrogen-bond donors (Lipinski definition) is 1. The van der Waals surface area contributed by atoms with E-state index in [1.165, 1.54) is 7.11 Å². The van der Waals surface area contributed by atoms with Crippen LogP contribution in [-0.2, 0) is 9.53 Å². The summed E-state index contributed by atoms with van der Waals surface area (Å²) in [4.78, 5) is 15.0. The summed E-state index contributed by atoms with van der Waals surface area (Å²) in [5, 5.41) is 8.98. The van der Waals surface area contributed by atoms with Gasteiger partial charge in [-0.05, 0) is 22.8 Å². The maximum atomic E-state index is 11.0. The molecule has 1 N–H and O–H groups in total. The minimum Gasteiger partial charge on any atom is -0.479 e. The Morgan fingerprint density at radius 2 is 1.94 bits per heavy atom. The van der Waals surface area contributed by atoms with E-state index in [0.29, 0.717) is 5.56 Å². The zero-order valence-corrected chi connectivity index (χ0v) is 9.91. The third-order valence-electron chi connectivity index (χ3n) is 2.67. The van der Waals surface area contributed by atoms with Crippen molar-refractivity contribution in [2.45, 2.75) is 6.10 Å². The van der Waals surface area contributed by atoms with Gasteiger partial charge in [0, 0.05) is 19.5 Å². The average Bonchev–Trinajstić information content (AvgIpc) is 2.41. The zero-order valence-electron chi connectivity index (χ0n) is 9.91. The van der Waals surface area contributed by atoms with Gasteiger partial charge in [-0.1, -0.05) is 30.3 Å². The lowest BCUT2D eigenvalue weighted by Gasteiger charge is -2.11. The van der Waals surface area contributed by atoms with Crippen molar-refractivity contribution in [3.63, 3.8) is 0 Å². The van der Waals surface area contributed by atoms with Crippen LogP contribution in [0.5, 0.6) is 0 Å². The van der Waals surface area contributed by atoms with Gasteiger partial charge in [0.25, 0.3) is 0 Å². The fourth-order valence-electron chi connectivity index (χ4n) is 1.76. The molecule has 0 radical (unpaired) electrons. The first-order valence-corrected chi connectivity index (χ1v) is 5.48. The lowest BCUT2D eigenvalue weighted by Crippen LogP contribution is -2.13. The Balaban J connectivity index is 2.28. The molecule has 18 heavy (non-hydrogen) atoms. The lowest BCUT2D eigenvalue weighted by atomic mass is 10.0. The lowest BCUT2D eigenvalue weighted by molar-refractivity contribution is -0.148. The second-order valence-electron chi connectivity index (χ2n) is 3.82. The standard InChI is InChI=1S/C14H13NO3/c1-18-13(14(16)17)11-6-4-10(5-7-11)12-3-2-8-15-9-12/h2-9,13H,1H3,(H,16,17). The van der Waals surface area contributed by atoms with E-state index in [0.717, 1.165) is 11.1 Å². The minimum atomic E-state index is -0.994. The molecule has 2 aromatic rings. The van der Waals surface area contributed by atoms with Crippen molar-refractivity contribution in [3.05, 3.63) is 54.4 Å². The van der Waals surface area contributed by atoms with Crippen LogP contribution in [0.1, 0.15) is 11.7 Å². The molecule has 1 heterocycles. The number of carbonyl (C=O) groups is 1. The first-order valence-electron chi connectivity index (χ1n) is 5.48. The number of pyridine rings is 1. The topological polar surface area (TPSA) is 59.4 Å². The molecule has 0 fully saturated rings.